The van der Waals surface area contributed by atoms with E-state index < -0.39 is 5.92 Å². The molecule has 0 aliphatic heterocycles. The van der Waals surface area contributed by atoms with Crippen LogP contribution < -0.4 is 0 Å². The van der Waals surface area contributed by atoms with E-state index in [0.29, 0.717) is 12.3 Å². The Morgan fingerprint density at radius 3 is 2.67 bits per heavy atom. The summed E-state index contributed by atoms with van der Waals surface area (Å²) in [6.07, 6.45) is 1.39. The summed E-state index contributed by atoms with van der Waals surface area (Å²) in [6.45, 7) is 4.06. The molecule has 0 radical (unpaired) electrons. The first-order chi connectivity index (χ1) is 7.00. The van der Waals surface area contributed by atoms with Gasteiger partial charge in [-0.25, -0.2) is 8.78 Å². The van der Waals surface area contributed by atoms with Gasteiger partial charge in [-0.2, -0.15) is 0 Å². The Bertz CT molecular complexity index is 367. The average molecular weight is 210 g/mol. The molecule has 0 unspecified atom stereocenters. The summed E-state index contributed by atoms with van der Waals surface area (Å²) in [5.41, 5.74) is 2.10. The fraction of sp³-hybridized carbons (Fsp3) is 0.538. The van der Waals surface area contributed by atoms with Crippen molar-refractivity contribution in [1.29, 1.82) is 0 Å². The van der Waals surface area contributed by atoms with Crippen molar-refractivity contribution in [2.45, 2.75) is 45.0 Å². The number of hydrogen-bond donors (Lipinski definition) is 0. The molecule has 0 saturated carbocycles. The minimum absolute atomic E-state index is 0.00154. The summed E-state index contributed by atoms with van der Waals surface area (Å²) < 4.78 is 27.3. The Morgan fingerprint density at radius 1 is 1.27 bits per heavy atom. The molecule has 0 nitrogen and oxygen atoms in total. The molecule has 0 spiro atoms. The Hall–Kier alpha value is -0.920. The molecule has 0 N–H and O–H groups in total. The monoisotopic (exact) mass is 210 g/mol. The smallest absolute Gasteiger partial charge is 0.201 e. The number of fused-ring (bicyclic) bond motifs is 1. The van der Waals surface area contributed by atoms with Crippen molar-refractivity contribution in [1.82, 2.24) is 0 Å². The van der Waals surface area contributed by atoms with Crippen molar-refractivity contribution in [3.63, 3.8) is 0 Å². The maximum absolute atomic E-state index is 13.6. The lowest BCUT2D eigenvalue weighted by molar-refractivity contribution is -0.0217. The molecular formula is C13H16F2. The number of aryl methyl sites for hydroxylation is 1. The van der Waals surface area contributed by atoms with Gasteiger partial charge in [-0.05, 0) is 36.0 Å². The minimum Gasteiger partial charge on any atom is -0.201 e. The summed E-state index contributed by atoms with van der Waals surface area (Å²) in [5, 5.41) is 0. The van der Waals surface area contributed by atoms with Crippen LogP contribution in [0.25, 0.3) is 0 Å². The fourth-order valence-electron chi connectivity index (χ4n) is 2.15. The van der Waals surface area contributed by atoms with Gasteiger partial charge in [0.2, 0.25) is 0 Å². The third-order valence-electron chi connectivity index (χ3n) is 3.13. The van der Waals surface area contributed by atoms with Gasteiger partial charge in [0, 0.05) is 12.0 Å². The molecule has 0 heterocycles. The van der Waals surface area contributed by atoms with Crippen molar-refractivity contribution in [2.75, 3.05) is 0 Å². The molecule has 2 rings (SSSR count). The molecule has 15 heavy (non-hydrogen) atoms. The maximum Gasteiger partial charge on any atom is 0.273 e. The highest BCUT2D eigenvalue weighted by Crippen LogP contribution is 2.40. The highest BCUT2D eigenvalue weighted by atomic mass is 19.3. The first-order valence-electron chi connectivity index (χ1n) is 5.52. The van der Waals surface area contributed by atoms with Crippen LogP contribution in [-0.2, 0) is 12.3 Å². The Balaban J connectivity index is 2.49. The quantitative estimate of drug-likeness (QED) is 0.650. The van der Waals surface area contributed by atoms with Crippen molar-refractivity contribution < 1.29 is 8.78 Å². The summed E-state index contributed by atoms with van der Waals surface area (Å²) >= 11 is 0. The molecule has 0 saturated heterocycles. The van der Waals surface area contributed by atoms with Gasteiger partial charge >= 0.3 is 0 Å². The fourth-order valence-corrected chi connectivity index (χ4v) is 2.15. The second-order valence-electron chi connectivity index (χ2n) is 4.63. The molecule has 82 valence electrons. The van der Waals surface area contributed by atoms with E-state index in [1.165, 1.54) is 0 Å². The number of rotatable bonds is 1. The van der Waals surface area contributed by atoms with Crippen LogP contribution in [0.5, 0.6) is 0 Å². The van der Waals surface area contributed by atoms with E-state index in [4.69, 9.17) is 0 Å². The highest BCUT2D eigenvalue weighted by Gasteiger charge is 2.36. The Labute approximate surface area is 89.3 Å². The van der Waals surface area contributed by atoms with E-state index in [1.807, 2.05) is 26.0 Å². The standard InChI is InChI=1S/C13H16F2/c1-9(2)11-6-5-10-4-3-7-13(14,15)12(10)8-11/h5-6,8-9H,3-4,7H2,1-2H3. The van der Waals surface area contributed by atoms with Crippen molar-refractivity contribution >= 4 is 0 Å². The van der Waals surface area contributed by atoms with Crippen molar-refractivity contribution in [3.05, 3.63) is 34.9 Å². The van der Waals surface area contributed by atoms with E-state index in [2.05, 4.69) is 0 Å². The van der Waals surface area contributed by atoms with Gasteiger partial charge in [0.25, 0.3) is 5.92 Å². The first kappa shape index (κ1) is 10.6. The van der Waals surface area contributed by atoms with Crippen LogP contribution >= 0.6 is 0 Å². The minimum atomic E-state index is -2.61. The lowest BCUT2D eigenvalue weighted by Crippen LogP contribution is -2.21. The normalized spacial score (nSPS) is 19.0. The molecule has 0 atom stereocenters. The van der Waals surface area contributed by atoms with Crippen LogP contribution in [0, 0.1) is 0 Å². The maximum atomic E-state index is 13.6. The van der Waals surface area contributed by atoms with Crippen LogP contribution in [0.3, 0.4) is 0 Å². The van der Waals surface area contributed by atoms with Crippen LogP contribution in [-0.4, -0.2) is 0 Å². The van der Waals surface area contributed by atoms with Gasteiger partial charge < -0.3 is 0 Å². The van der Waals surface area contributed by atoms with Gasteiger partial charge in [-0.15, -0.1) is 0 Å². The van der Waals surface area contributed by atoms with E-state index >= 15 is 0 Å². The van der Waals surface area contributed by atoms with Crippen LogP contribution in [0.4, 0.5) is 8.78 Å². The third kappa shape index (κ3) is 1.90. The second-order valence-corrected chi connectivity index (χ2v) is 4.63. The predicted molar refractivity (Wildman–Crippen MR) is 57.4 cm³/mol. The van der Waals surface area contributed by atoms with Crippen LogP contribution in [0.15, 0.2) is 18.2 Å². The molecule has 0 amide bonds. The molecule has 1 aliphatic rings. The molecule has 0 aromatic heterocycles. The van der Waals surface area contributed by atoms with Gasteiger partial charge in [0.05, 0.1) is 0 Å². The molecule has 1 aromatic rings. The largest absolute Gasteiger partial charge is 0.273 e. The molecular weight excluding hydrogens is 194 g/mol. The lowest BCUT2D eigenvalue weighted by atomic mass is 9.86. The summed E-state index contributed by atoms with van der Waals surface area (Å²) in [7, 11) is 0. The molecule has 0 fully saturated rings. The predicted octanol–water partition coefficient (Wildman–Crippen LogP) is 4.24. The summed E-state index contributed by atoms with van der Waals surface area (Å²) in [6, 6.07) is 5.54. The summed E-state index contributed by atoms with van der Waals surface area (Å²) in [5.74, 6) is -2.30. The van der Waals surface area contributed by atoms with Gasteiger partial charge in [0.1, 0.15) is 0 Å². The zero-order valence-electron chi connectivity index (χ0n) is 9.19. The third-order valence-corrected chi connectivity index (χ3v) is 3.13. The van der Waals surface area contributed by atoms with Gasteiger partial charge in [-0.1, -0.05) is 26.0 Å². The molecule has 2 heteroatoms. The molecule has 0 bridgehead atoms. The second kappa shape index (κ2) is 3.58. The average Bonchev–Trinajstić information content (AvgIpc) is 2.17. The van der Waals surface area contributed by atoms with Gasteiger partial charge in [-0.3, -0.25) is 0 Å². The molecule has 1 aromatic carbocycles. The first-order valence-corrected chi connectivity index (χ1v) is 5.52. The lowest BCUT2D eigenvalue weighted by Gasteiger charge is -2.26. The highest BCUT2D eigenvalue weighted by molar-refractivity contribution is 5.38. The Kier molecular flexibility index (Phi) is 2.53. The van der Waals surface area contributed by atoms with E-state index in [9.17, 15) is 8.78 Å². The number of halogens is 2. The molecule has 1 aliphatic carbocycles. The summed E-state index contributed by atoms with van der Waals surface area (Å²) in [4.78, 5) is 0. The number of hydrogen-bond acceptors (Lipinski definition) is 0. The topological polar surface area (TPSA) is 0 Å². The van der Waals surface area contributed by atoms with E-state index in [-0.39, 0.29) is 12.0 Å². The van der Waals surface area contributed by atoms with Crippen LogP contribution in [0.2, 0.25) is 0 Å². The van der Waals surface area contributed by atoms with Crippen molar-refractivity contribution in [3.8, 4) is 0 Å². The van der Waals surface area contributed by atoms with Gasteiger partial charge in [0.15, 0.2) is 0 Å². The number of alkyl halides is 2. The van der Waals surface area contributed by atoms with Crippen LogP contribution in [0.1, 0.15) is 49.3 Å². The van der Waals surface area contributed by atoms with Crippen molar-refractivity contribution in [2.24, 2.45) is 0 Å². The zero-order valence-corrected chi connectivity index (χ0v) is 9.19. The van der Waals surface area contributed by atoms with E-state index in [1.54, 1.807) is 6.07 Å². The zero-order chi connectivity index (χ0) is 11.1. The number of benzene rings is 1. The SMILES string of the molecule is CC(C)c1ccc2c(c1)C(F)(F)CCC2. The van der Waals surface area contributed by atoms with E-state index in [0.717, 1.165) is 17.5 Å². The Morgan fingerprint density at radius 2 is 2.00 bits per heavy atom.